The van der Waals surface area contributed by atoms with Crippen molar-refractivity contribution in [3.8, 4) is 0 Å². The van der Waals surface area contributed by atoms with Gasteiger partial charge in [-0.05, 0) is 25.8 Å². The largest absolute Gasteiger partial charge is 0.268 e. The maximum Gasteiger partial charge on any atom is 0.0631 e. The summed E-state index contributed by atoms with van der Waals surface area (Å²) in [5.41, 5.74) is 2.72. The van der Waals surface area contributed by atoms with Gasteiger partial charge in [0.15, 0.2) is 0 Å². The number of rotatable bonds is 1. The fraction of sp³-hybridized carbons (Fsp3) is 0.571. The fourth-order valence-corrected chi connectivity index (χ4v) is 2.58. The van der Waals surface area contributed by atoms with E-state index >= 15 is 0 Å². The Morgan fingerprint density at radius 3 is 2.30 bits per heavy atom. The third kappa shape index (κ3) is 1.22. The van der Waals surface area contributed by atoms with E-state index in [1.165, 1.54) is 11.0 Å². The zero-order valence-electron chi connectivity index (χ0n) is 6.92. The molecule has 2 nitrogen and oxygen atoms in total. The smallest absolute Gasteiger partial charge is 0.0631 e. The number of hydrogen-bond donors (Lipinski definition) is 0. The van der Waals surface area contributed by atoms with Crippen LogP contribution in [0.3, 0.4) is 0 Å². The number of aryl methyl sites for hydroxylation is 2. The Balaban J connectivity index is 3.10. The van der Waals surface area contributed by atoms with Crippen molar-refractivity contribution in [1.82, 2.24) is 9.78 Å². The van der Waals surface area contributed by atoms with Crippen LogP contribution in [0.15, 0.2) is 6.20 Å². The summed E-state index contributed by atoms with van der Waals surface area (Å²) in [7, 11) is 2.00. The Bertz CT molecular complexity index is 208. The minimum atomic E-state index is 0.000257. The summed E-state index contributed by atoms with van der Waals surface area (Å²) in [5, 5.41) is 4.17. The molecule has 0 aliphatic rings. The van der Waals surface area contributed by atoms with E-state index in [1.807, 2.05) is 17.9 Å². The Kier molecular flexibility index (Phi) is 2.10. The van der Waals surface area contributed by atoms with Gasteiger partial charge >= 0.3 is 0 Å². The van der Waals surface area contributed by atoms with Gasteiger partial charge in [0, 0.05) is 7.05 Å². The van der Waals surface area contributed by atoms with Gasteiger partial charge in [-0.15, -0.1) is 0 Å². The van der Waals surface area contributed by atoms with Gasteiger partial charge in [-0.3, -0.25) is 4.68 Å². The van der Waals surface area contributed by atoms with Gasteiger partial charge in [0.05, 0.1) is 11.6 Å². The van der Waals surface area contributed by atoms with Crippen LogP contribution in [0.5, 0.6) is 0 Å². The molecule has 0 saturated heterocycles. The lowest BCUT2D eigenvalue weighted by Gasteiger charge is -2.06. The van der Waals surface area contributed by atoms with Crippen molar-refractivity contribution in [2.75, 3.05) is 13.3 Å². The quantitative estimate of drug-likeness (QED) is 0.556. The number of nitrogens with zero attached hydrogens (tertiary/aromatic N) is 2. The molecule has 0 aliphatic heterocycles. The van der Waals surface area contributed by atoms with Crippen LogP contribution in [-0.2, 0) is 7.05 Å². The molecule has 0 radical (unpaired) electrons. The van der Waals surface area contributed by atoms with Gasteiger partial charge < -0.3 is 0 Å². The van der Waals surface area contributed by atoms with Gasteiger partial charge in [0.2, 0.25) is 0 Å². The molecule has 0 fully saturated rings. The van der Waals surface area contributed by atoms with E-state index in [-0.39, 0.29) is 7.92 Å². The van der Waals surface area contributed by atoms with Crippen molar-refractivity contribution in [2.24, 2.45) is 7.05 Å². The molecule has 0 atom stereocenters. The van der Waals surface area contributed by atoms with Gasteiger partial charge in [-0.25, -0.2) is 0 Å². The standard InChI is InChI=1S/C7H13N2P/c1-6-5-8-9(2)7(6)10(3)4/h5H,1-4H3. The lowest BCUT2D eigenvalue weighted by atomic mass is 10.4. The molecule has 1 rings (SSSR count). The maximum absolute atomic E-state index is 4.17. The van der Waals surface area contributed by atoms with E-state index in [1.54, 1.807) is 0 Å². The van der Waals surface area contributed by atoms with Crippen LogP contribution in [-0.4, -0.2) is 23.1 Å². The van der Waals surface area contributed by atoms with Crippen molar-refractivity contribution in [2.45, 2.75) is 6.92 Å². The van der Waals surface area contributed by atoms with Crippen molar-refractivity contribution < 1.29 is 0 Å². The number of aromatic nitrogens is 2. The SMILES string of the molecule is Cc1cnn(C)c1P(C)C. The van der Waals surface area contributed by atoms with E-state index in [9.17, 15) is 0 Å². The topological polar surface area (TPSA) is 17.8 Å². The normalized spacial score (nSPS) is 10.9. The fourth-order valence-electron chi connectivity index (χ4n) is 1.18. The second-order valence-electron chi connectivity index (χ2n) is 2.67. The van der Waals surface area contributed by atoms with Gasteiger partial charge in [-0.2, -0.15) is 5.10 Å². The summed E-state index contributed by atoms with van der Waals surface area (Å²) in [4.78, 5) is 0. The average Bonchev–Trinajstić information content (AvgIpc) is 2.11. The molecular weight excluding hydrogens is 143 g/mol. The highest BCUT2D eigenvalue weighted by Gasteiger charge is 2.06. The van der Waals surface area contributed by atoms with Gasteiger partial charge in [-0.1, -0.05) is 7.92 Å². The molecule has 10 heavy (non-hydrogen) atoms. The van der Waals surface area contributed by atoms with Crippen LogP contribution in [0.25, 0.3) is 0 Å². The third-order valence-corrected chi connectivity index (χ3v) is 3.00. The second kappa shape index (κ2) is 2.71. The van der Waals surface area contributed by atoms with Crippen LogP contribution in [0.1, 0.15) is 5.56 Å². The minimum Gasteiger partial charge on any atom is -0.268 e. The molecule has 0 aromatic carbocycles. The average molecular weight is 156 g/mol. The maximum atomic E-state index is 4.17. The van der Waals surface area contributed by atoms with Crippen molar-refractivity contribution in [3.05, 3.63) is 11.8 Å². The molecule has 56 valence electrons. The van der Waals surface area contributed by atoms with Gasteiger partial charge in [0.25, 0.3) is 0 Å². The molecule has 1 heterocycles. The molecule has 0 unspecified atom stereocenters. The summed E-state index contributed by atoms with van der Waals surface area (Å²) in [6, 6.07) is 0. The molecule has 3 heteroatoms. The van der Waals surface area contributed by atoms with E-state index in [0.29, 0.717) is 0 Å². The molecule has 0 saturated carbocycles. The first-order chi connectivity index (χ1) is 4.63. The highest BCUT2D eigenvalue weighted by Crippen LogP contribution is 2.24. The first-order valence-corrected chi connectivity index (χ1v) is 5.52. The van der Waals surface area contributed by atoms with Crippen molar-refractivity contribution in [1.29, 1.82) is 0 Å². The predicted octanol–water partition coefficient (Wildman–Crippen LogP) is 1.10. The zero-order chi connectivity index (χ0) is 7.72. The summed E-state index contributed by atoms with van der Waals surface area (Å²) < 4.78 is 1.97. The highest BCUT2D eigenvalue weighted by atomic mass is 31.1. The summed E-state index contributed by atoms with van der Waals surface area (Å²) in [6.45, 7) is 6.61. The lowest BCUT2D eigenvalue weighted by Crippen LogP contribution is -2.13. The predicted molar refractivity (Wildman–Crippen MR) is 46.3 cm³/mol. The summed E-state index contributed by atoms with van der Waals surface area (Å²) >= 11 is 0. The van der Waals surface area contributed by atoms with E-state index in [0.717, 1.165) is 0 Å². The molecule has 0 amide bonds. The number of hydrogen-bond acceptors (Lipinski definition) is 1. The molecular formula is C7H13N2P. The van der Waals surface area contributed by atoms with Crippen LogP contribution < -0.4 is 5.44 Å². The Morgan fingerprint density at radius 2 is 2.10 bits per heavy atom. The Labute approximate surface area is 63.0 Å². The van der Waals surface area contributed by atoms with Crippen LogP contribution in [0, 0.1) is 6.92 Å². The minimum absolute atomic E-state index is 0.000257. The van der Waals surface area contributed by atoms with Crippen LogP contribution >= 0.6 is 7.92 Å². The van der Waals surface area contributed by atoms with E-state index < -0.39 is 0 Å². The Morgan fingerprint density at radius 1 is 1.50 bits per heavy atom. The Hall–Kier alpha value is -0.360. The zero-order valence-corrected chi connectivity index (χ0v) is 7.81. The third-order valence-electron chi connectivity index (χ3n) is 1.51. The molecule has 1 aromatic heterocycles. The first-order valence-electron chi connectivity index (χ1n) is 3.29. The van der Waals surface area contributed by atoms with Crippen LogP contribution in [0.2, 0.25) is 0 Å². The molecule has 1 aromatic rings. The molecule has 0 bridgehead atoms. The molecule has 0 N–H and O–H groups in total. The van der Waals surface area contributed by atoms with E-state index in [2.05, 4.69) is 25.4 Å². The monoisotopic (exact) mass is 156 g/mol. The second-order valence-corrected chi connectivity index (χ2v) is 4.88. The van der Waals surface area contributed by atoms with E-state index in [4.69, 9.17) is 0 Å². The first kappa shape index (κ1) is 7.74. The van der Waals surface area contributed by atoms with Crippen molar-refractivity contribution in [3.63, 3.8) is 0 Å². The highest BCUT2D eigenvalue weighted by molar-refractivity contribution is 7.63. The summed E-state index contributed by atoms with van der Waals surface area (Å²) in [5.74, 6) is 0. The molecule has 0 spiro atoms. The molecule has 0 aliphatic carbocycles. The van der Waals surface area contributed by atoms with Crippen molar-refractivity contribution >= 4 is 13.4 Å². The summed E-state index contributed by atoms with van der Waals surface area (Å²) in [6.07, 6.45) is 1.93. The van der Waals surface area contributed by atoms with Crippen LogP contribution in [0.4, 0.5) is 0 Å². The lowest BCUT2D eigenvalue weighted by molar-refractivity contribution is 0.790. The van der Waals surface area contributed by atoms with Gasteiger partial charge in [0.1, 0.15) is 0 Å².